The Morgan fingerprint density at radius 2 is 1.82 bits per heavy atom. The fourth-order valence-corrected chi connectivity index (χ4v) is 1.13. The van der Waals surface area contributed by atoms with Gasteiger partial charge in [-0.15, -0.1) is 4.98 Å². The number of hydrogen-bond acceptors (Lipinski definition) is 8. The van der Waals surface area contributed by atoms with Gasteiger partial charge in [-0.25, -0.2) is 0 Å². The molecule has 0 bridgehead atoms. The zero-order chi connectivity index (χ0) is 12.3. The molecule has 0 radical (unpaired) electrons. The Bertz CT molecular complexity index is 491. The highest BCUT2D eigenvalue weighted by molar-refractivity contribution is 5.49. The normalized spacial score (nSPS) is 10.3. The molecule has 2 heterocycles. The average molecular weight is 238 g/mol. The van der Waals surface area contributed by atoms with Gasteiger partial charge in [-0.2, -0.15) is 9.97 Å². The molecule has 8 heteroatoms. The molecule has 0 saturated carbocycles. The molecule has 0 fully saturated rings. The van der Waals surface area contributed by atoms with Crippen LogP contribution in [0.3, 0.4) is 0 Å². The van der Waals surface area contributed by atoms with Crippen LogP contribution in [0.5, 0.6) is 12.0 Å². The van der Waals surface area contributed by atoms with Crippen LogP contribution < -0.4 is 9.47 Å². The quantitative estimate of drug-likeness (QED) is 0.795. The van der Waals surface area contributed by atoms with Crippen LogP contribution >= 0.6 is 0 Å². The van der Waals surface area contributed by atoms with Crippen molar-refractivity contribution >= 4 is 0 Å². The summed E-state index contributed by atoms with van der Waals surface area (Å²) in [7, 11) is 2.86. The number of aromatic nitrogens is 4. The van der Waals surface area contributed by atoms with Gasteiger partial charge in [0.25, 0.3) is 0 Å². The van der Waals surface area contributed by atoms with E-state index in [4.69, 9.17) is 19.1 Å². The first-order valence-electron chi connectivity index (χ1n) is 4.67. The van der Waals surface area contributed by atoms with Crippen molar-refractivity contribution in [2.75, 3.05) is 14.2 Å². The Balaban J connectivity index is 2.43. The zero-order valence-electron chi connectivity index (χ0n) is 9.25. The summed E-state index contributed by atoms with van der Waals surface area (Å²) in [5, 5.41) is 12.6. The molecule has 2 aromatic rings. The molecule has 0 unspecified atom stereocenters. The predicted molar refractivity (Wildman–Crippen MR) is 54.4 cm³/mol. The van der Waals surface area contributed by atoms with E-state index >= 15 is 0 Å². The van der Waals surface area contributed by atoms with Crippen molar-refractivity contribution in [1.82, 2.24) is 20.1 Å². The zero-order valence-corrected chi connectivity index (χ0v) is 9.25. The lowest BCUT2D eigenvalue weighted by Gasteiger charge is -2.02. The molecule has 0 amide bonds. The number of aliphatic hydroxyl groups excluding tert-OH is 1. The highest BCUT2D eigenvalue weighted by Crippen LogP contribution is 2.19. The SMILES string of the molecule is COc1nc(OC)nc(-c2cc(CO)on2)n1. The molecule has 1 N–H and O–H groups in total. The summed E-state index contributed by atoms with van der Waals surface area (Å²) in [4.78, 5) is 11.8. The van der Waals surface area contributed by atoms with E-state index in [-0.39, 0.29) is 24.5 Å². The third-order valence-electron chi connectivity index (χ3n) is 1.90. The fraction of sp³-hybridized carbons (Fsp3) is 0.333. The van der Waals surface area contributed by atoms with Crippen LogP contribution in [0.25, 0.3) is 11.5 Å². The van der Waals surface area contributed by atoms with Crippen molar-refractivity contribution in [2.45, 2.75) is 6.61 Å². The molecule has 2 aromatic heterocycles. The minimum Gasteiger partial charge on any atom is -0.467 e. The van der Waals surface area contributed by atoms with E-state index in [1.807, 2.05) is 0 Å². The third-order valence-corrected chi connectivity index (χ3v) is 1.90. The molecule has 90 valence electrons. The van der Waals surface area contributed by atoms with Crippen LogP contribution in [0.4, 0.5) is 0 Å². The van der Waals surface area contributed by atoms with Crippen LogP contribution in [0, 0.1) is 0 Å². The Morgan fingerprint density at radius 3 is 2.29 bits per heavy atom. The molecule has 0 aliphatic rings. The maximum atomic E-state index is 8.86. The lowest BCUT2D eigenvalue weighted by Crippen LogP contribution is -2.00. The lowest BCUT2D eigenvalue weighted by atomic mass is 10.3. The van der Waals surface area contributed by atoms with Crippen LogP contribution in [0.2, 0.25) is 0 Å². The second-order valence-corrected chi connectivity index (χ2v) is 2.97. The Hall–Kier alpha value is -2.22. The number of hydrogen-bond donors (Lipinski definition) is 1. The number of nitrogens with zero attached hydrogens (tertiary/aromatic N) is 4. The van der Waals surface area contributed by atoms with Gasteiger partial charge in [0.05, 0.1) is 14.2 Å². The monoisotopic (exact) mass is 238 g/mol. The van der Waals surface area contributed by atoms with Gasteiger partial charge in [0, 0.05) is 6.07 Å². The molecule has 0 aromatic carbocycles. The standard InChI is InChI=1S/C9H10N4O4/c1-15-8-10-7(11-9(12-8)16-2)6-3-5(4-14)17-13-6/h3,14H,4H2,1-2H3. The third kappa shape index (κ3) is 2.31. The largest absolute Gasteiger partial charge is 0.467 e. The predicted octanol–water partition coefficient (Wildman–Crippen LogP) is 0.0361. The first-order valence-corrected chi connectivity index (χ1v) is 4.67. The molecule has 0 aliphatic carbocycles. The maximum absolute atomic E-state index is 8.86. The first kappa shape index (κ1) is 11.3. The van der Waals surface area contributed by atoms with Crippen molar-refractivity contribution in [3.8, 4) is 23.5 Å². The van der Waals surface area contributed by atoms with E-state index in [0.717, 1.165) is 0 Å². The van der Waals surface area contributed by atoms with Gasteiger partial charge in [0.1, 0.15) is 6.61 Å². The smallest absolute Gasteiger partial charge is 0.322 e. The van der Waals surface area contributed by atoms with Crippen molar-refractivity contribution in [2.24, 2.45) is 0 Å². The van der Waals surface area contributed by atoms with E-state index in [2.05, 4.69) is 20.1 Å². The maximum Gasteiger partial charge on any atom is 0.322 e. The summed E-state index contributed by atoms with van der Waals surface area (Å²) in [6, 6.07) is 1.74. The summed E-state index contributed by atoms with van der Waals surface area (Å²) in [6.07, 6.45) is 0. The second kappa shape index (κ2) is 4.74. The number of aliphatic hydroxyl groups is 1. The highest BCUT2D eigenvalue weighted by Gasteiger charge is 2.13. The number of ether oxygens (including phenoxy) is 2. The Kier molecular flexibility index (Phi) is 3.15. The number of methoxy groups -OCH3 is 2. The van der Waals surface area contributed by atoms with Gasteiger partial charge in [0.15, 0.2) is 17.3 Å². The molecule has 0 atom stereocenters. The Morgan fingerprint density at radius 1 is 1.18 bits per heavy atom. The minimum atomic E-state index is -0.244. The number of rotatable bonds is 4. The molecule has 17 heavy (non-hydrogen) atoms. The Labute approximate surface area is 96.2 Å². The highest BCUT2D eigenvalue weighted by atomic mass is 16.5. The van der Waals surface area contributed by atoms with Gasteiger partial charge in [-0.1, -0.05) is 5.16 Å². The van der Waals surface area contributed by atoms with Gasteiger partial charge in [-0.05, 0) is 0 Å². The van der Waals surface area contributed by atoms with Crippen LogP contribution in [0.15, 0.2) is 10.6 Å². The van der Waals surface area contributed by atoms with E-state index in [1.165, 1.54) is 20.3 Å². The van der Waals surface area contributed by atoms with Crippen LogP contribution in [-0.2, 0) is 6.61 Å². The molecular weight excluding hydrogens is 228 g/mol. The topological polar surface area (TPSA) is 103 Å². The molecule has 0 saturated heterocycles. The average Bonchev–Trinajstić information content (AvgIpc) is 2.86. The fourth-order valence-electron chi connectivity index (χ4n) is 1.13. The summed E-state index contributed by atoms with van der Waals surface area (Å²) in [6.45, 7) is -0.244. The molecule has 0 aliphatic heterocycles. The first-order chi connectivity index (χ1) is 8.26. The van der Waals surface area contributed by atoms with Crippen molar-refractivity contribution in [3.63, 3.8) is 0 Å². The molecule has 0 spiro atoms. The van der Waals surface area contributed by atoms with E-state index in [1.54, 1.807) is 0 Å². The second-order valence-electron chi connectivity index (χ2n) is 2.97. The van der Waals surface area contributed by atoms with E-state index < -0.39 is 0 Å². The van der Waals surface area contributed by atoms with Crippen LogP contribution in [0.1, 0.15) is 5.76 Å². The van der Waals surface area contributed by atoms with E-state index in [9.17, 15) is 0 Å². The van der Waals surface area contributed by atoms with Crippen molar-refractivity contribution in [1.29, 1.82) is 0 Å². The minimum absolute atomic E-state index is 0.111. The van der Waals surface area contributed by atoms with Crippen LogP contribution in [-0.4, -0.2) is 39.4 Å². The van der Waals surface area contributed by atoms with Gasteiger partial charge < -0.3 is 19.1 Å². The van der Waals surface area contributed by atoms with Crippen molar-refractivity contribution < 1.29 is 19.1 Å². The van der Waals surface area contributed by atoms with Gasteiger partial charge in [-0.3, -0.25) is 0 Å². The lowest BCUT2D eigenvalue weighted by molar-refractivity contribution is 0.229. The van der Waals surface area contributed by atoms with Crippen molar-refractivity contribution in [3.05, 3.63) is 11.8 Å². The molecule has 2 rings (SSSR count). The summed E-state index contributed by atoms with van der Waals surface area (Å²) in [5.74, 6) is 0.565. The summed E-state index contributed by atoms with van der Waals surface area (Å²) in [5.41, 5.74) is 0.369. The summed E-state index contributed by atoms with van der Waals surface area (Å²) < 4.78 is 14.6. The van der Waals surface area contributed by atoms with E-state index in [0.29, 0.717) is 11.5 Å². The van der Waals surface area contributed by atoms with Gasteiger partial charge >= 0.3 is 12.0 Å². The molecular formula is C9H10N4O4. The molecule has 8 nitrogen and oxygen atoms in total. The van der Waals surface area contributed by atoms with Gasteiger partial charge in [0.2, 0.25) is 0 Å². The summed E-state index contributed by atoms with van der Waals surface area (Å²) >= 11 is 0.